The molecule has 0 fully saturated rings. The topological polar surface area (TPSA) is 34.1 Å². The first-order valence-corrected chi connectivity index (χ1v) is 8.29. The molecule has 0 amide bonds. The normalized spacial score (nSPS) is 12.4. The van der Waals surface area contributed by atoms with E-state index in [4.69, 9.17) is 0 Å². The Labute approximate surface area is 118 Å². The summed E-state index contributed by atoms with van der Waals surface area (Å²) < 4.78 is 22.8. The molecule has 0 saturated heterocycles. The molecule has 0 atom stereocenters. The molecule has 0 radical (unpaired) electrons. The summed E-state index contributed by atoms with van der Waals surface area (Å²) in [5.74, 6) is 0. The van der Waals surface area contributed by atoms with Crippen LogP contribution in [-0.2, 0) is 9.84 Å². The molecule has 2 nitrogen and oxygen atoms in total. The van der Waals surface area contributed by atoms with E-state index in [0.29, 0.717) is 0 Å². The Balaban J connectivity index is 2.42. The maximum atomic E-state index is 11.4. The highest BCUT2D eigenvalue weighted by atomic mass is 32.2. The van der Waals surface area contributed by atoms with E-state index >= 15 is 0 Å². The molecule has 3 heteroatoms. The van der Waals surface area contributed by atoms with Crippen LogP contribution in [0.1, 0.15) is 5.56 Å². The summed E-state index contributed by atoms with van der Waals surface area (Å²) >= 11 is 0. The molecule has 3 aromatic carbocycles. The molecular formula is C17H14O2S. The molecule has 0 aliphatic rings. The van der Waals surface area contributed by atoms with E-state index in [2.05, 4.69) is 6.07 Å². The van der Waals surface area contributed by atoms with Gasteiger partial charge in [-0.25, -0.2) is 8.42 Å². The Morgan fingerprint density at radius 2 is 1.35 bits per heavy atom. The van der Waals surface area contributed by atoms with Gasteiger partial charge in [0, 0.05) is 11.7 Å². The molecule has 3 rings (SSSR count). The minimum absolute atomic E-state index is 0.948. The summed E-state index contributed by atoms with van der Waals surface area (Å²) in [5, 5.41) is 5.61. The van der Waals surface area contributed by atoms with Gasteiger partial charge in [-0.3, -0.25) is 0 Å². The van der Waals surface area contributed by atoms with Crippen molar-refractivity contribution >= 4 is 37.5 Å². The van der Waals surface area contributed by atoms with Gasteiger partial charge in [-0.1, -0.05) is 48.5 Å². The van der Waals surface area contributed by atoms with Crippen molar-refractivity contribution in [1.29, 1.82) is 0 Å². The molecule has 0 aromatic heterocycles. The predicted octanol–water partition coefficient (Wildman–Crippen LogP) is 4.01. The van der Waals surface area contributed by atoms with Gasteiger partial charge in [-0.05, 0) is 39.3 Å². The second-order valence-electron chi connectivity index (χ2n) is 4.86. The Hall–Kier alpha value is -2.13. The van der Waals surface area contributed by atoms with Crippen LogP contribution in [0.5, 0.6) is 0 Å². The molecule has 0 unspecified atom stereocenters. The van der Waals surface area contributed by atoms with Gasteiger partial charge in [-0.2, -0.15) is 0 Å². The van der Waals surface area contributed by atoms with Gasteiger partial charge in [0.2, 0.25) is 0 Å². The second kappa shape index (κ2) is 4.76. The van der Waals surface area contributed by atoms with Crippen molar-refractivity contribution in [2.45, 2.75) is 0 Å². The molecule has 0 aliphatic carbocycles. The lowest BCUT2D eigenvalue weighted by Gasteiger charge is -2.08. The first-order valence-electron chi connectivity index (χ1n) is 6.33. The number of benzene rings is 3. The van der Waals surface area contributed by atoms with Crippen LogP contribution in [0.2, 0.25) is 0 Å². The summed E-state index contributed by atoms with van der Waals surface area (Å²) in [5.41, 5.74) is 0.948. The van der Waals surface area contributed by atoms with Crippen LogP contribution in [0, 0.1) is 0 Å². The number of hydrogen-bond donors (Lipinski definition) is 0. The van der Waals surface area contributed by atoms with Gasteiger partial charge in [0.25, 0.3) is 0 Å². The molecule has 20 heavy (non-hydrogen) atoms. The van der Waals surface area contributed by atoms with E-state index in [1.165, 1.54) is 11.7 Å². The van der Waals surface area contributed by atoms with Gasteiger partial charge in [0.05, 0.1) is 0 Å². The quantitative estimate of drug-likeness (QED) is 0.666. The van der Waals surface area contributed by atoms with Crippen molar-refractivity contribution in [3.8, 4) is 0 Å². The highest BCUT2D eigenvalue weighted by molar-refractivity contribution is 7.93. The third kappa shape index (κ3) is 2.45. The molecule has 0 bridgehead atoms. The van der Waals surface area contributed by atoms with Gasteiger partial charge >= 0.3 is 0 Å². The van der Waals surface area contributed by atoms with E-state index in [-0.39, 0.29) is 0 Å². The summed E-state index contributed by atoms with van der Waals surface area (Å²) in [6.45, 7) is 0. The molecule has 0 aliphatic heterocycles. The minimum Gasteiger partial charge on any atom is -0.225 e. The third-order valence-corrected chi connectivity index (χ3v) is 3.93. The smallest absolute Gasteiger partial charge is 0.168 e. The molecule has 0 saturated carbocycles. The zero-order valence-electron chi connectivity index (χ0n) is 11.1. The Morgan fingerprint density at radius 1 is 0.850 bits per heavy atom. The van der Waals surface area contributed by atoms with Crippen molar-refractivity contribution in [1.82, 2.24) is 0 Å². The minimum atomic E-state index is -3.14. The van der Waals surface area contributed by atoms with Gasteiger partial charge in [0.1, 0.15) is 0 Å². The zero-order chi connectivity index (χ0) is 14.2. The van der Waals surface area contributed by atoms with E-state index in [9.17, 15) is 8.42 Å². The van der Waals surface area contributed by atoms with Gasteiger partial charge < -0.3 is 0 Å². The molecule has 0 spiro atoms. The standard InChI is InChI=1S/C17H14O2S/c1-20(18,19)11-10-17-15-8-4-2-6-13(15)12-14-7-3-5-9-16(14)17/h2-12H,1H3. The number of rotatable bonds is 2. The first kappa shape index (κ1) is 12.9. The molecular weight excluding hydrogens is 268 g/mol. The van der Waals surface area contributed by atoms with Gasteiger partial charge in [-0.15, -0.1) is 0 Å². The van der Waals surface area contributed by atoms with Crippen LogP contribution in [0.3, 0.4) is 0 Å². The Morgan fingerprint density at radius 3 is 1.85 bits per heavy atom. The fraction of sp³-hybridized carbons (Fsp3) is 0.0588. The maximum Gasteiger partial charge on any atom is 0.168 e. The van der Waals surface area contributed by atoms with E-state index in [1.54, 1.807) is 6.08 Å². The summed E-state index contributed by atoms with van der Waals surface area (Å²) in [6.07, 6.45) is 2.90. The SMILES string of the molecule is CS(=O)(=O)C=Cc1c2ccccc2cc2ccccc12. The Kier molecular flexibility index (Phi) is 3.07. The lowest BCUT2D eigenvalue weighted by molar-refractivity contribution is 0.610. The summed E-state index contributed by atoms with van der Waals surface area (Å²) in [4.78, 5) is 0. The summed E-state index contributed by atoms with van der Waals surface area (Å²) in [7, 11) is -3.14. The van der Waals surface area contributed by atoms with Crippen molar-refractivity contribution in [3.05, 3.63) is 65.6 Å². The third-order valence-electron chi connectivity index (χ3n) is 3.29. The highest BCUT2D eigenvalue weighted by Crippen LogP contribution is 2.29. The lowest BCUT2D eigenvalue weighted by Crippen LogP contribution is -1.89. The average molecular weight is 282 g/mol. The van der Waals surface area contributed by atoms with Crippen molar-refractivity contribution < 1.29 is 8.42 Å². The van der Waals surface area contributed by atoms with Crippen LogP contribution in [0.25, 0.3) is 27.6 Å². The maximum absolute atomic E-state index is 11.4. The summed E-state index contributed by atoms with van der Waals surface area (Å²) in [6, 6.07) is 18.2. The van der Waals surface area contributed by atoms with Crippen molar-refractivity contribution in [3.63, 3.8) is 0 Å². The predicted molar refractivity (Wildman–Crippen MR) is 85.3 cm³/mol. The Bertz CT molecular complexity index is 868. The fourth-order valence-electron chi connectivity index (χ4n) is 2.42. The molecule has 100 valence electrons. The molecule has 0 N–H and O–H groups in total. The zero-order valence-corrected chi connectivity index (χ0v) is 11.9. The number of sulfone groups is 1. The fourth-order valence-corrected chi connectivity index (χ4v) is 2.80. The van der Waals surface area contributed by atoms with E-state index in [0.717, 1.165) is 27.1 Å². The first-order chi connectivity index (χ1) is 9.54. The van der Waals surface area contributed by atoms with Crippen LogP contribution in [-0.4, -0.2) is 14.7 Å². The lowest BCUT2D eigenvalue weighted by atomic mass is 9.97. The highest BCUT2D eigenvalue weighted by Gasteiger charge is 2.05. The number of hydrogen-bond acceptors (Lipinski definition) is 2. The largest absolute Gasteiger partial charge is 0.225 e. The monoisotopic (exact) mass is 282 g/mol. The second-order valence-corrected chi connectivity index (χ2v) is 6.80. The van der Waals surface area contributed by atoms with Crippen molar-refractivity contribution in [2.24, 2.45) is 0 Å². The molecule has 0 heterocycles. The van der Waals surface area contributed by atoms with Crippen molar-refractivity contribution in [2.75, 3.05) is 6.26 Å². The van der Waals surface area contributed by atoms with Crippen LogP contribution in [0.15, 0.2) is 60.0 Å². The average Bonchev–Trinajstić information content (AvgIpc) is 2.42. The van der Waals surface area contributed by atoms with Gasteiger partial charge in [0.15, 0.2) is 9.84 Å². The van der Waals surface area contributed by atoms with Crippen LogP contribution >= 0.6 is 0 Å². The van der Waals surface area contributed by atoms with E-state index < -0.39 is 9.84 Å². The van der Waals surface area contributed by atoms with Crippen LogP contribution < -0.4 is 0 Å². The van der Waals surface area contributed by atoms with E-state index in [1.807, 2.05) is 48.5 Å². The molecule has 3 aromatic rings. The van der Waals surface area contributed by atoms with Crippen LogP contribution in [0.4, 0.5) is 0 Å². The number of fused-ring (bicyclic) bond motifs is 2.